The zero-order valence-electron chi connectivity index (χ0n) is 10.3. The van der Waals surface area contributed by atoms with Crippen molar-refractivity contribution in [2.45, 2.75) is 45.6 Å². The van der Waals surface area contributed by atoms with Crippen molar-refractivity contribution in [1.82, 2.24) is 0 Å². The summed E-state index contributed by atoms with van der Waals surface area (Å²) in [6, 6.07) is 0. The van der Waals surface area contributed by atoms with Crippen molar-refractivity contribution in [2.24, 2.45) is 23.7 Å². The predicted molar refractivity (Wildman–Crippen MR) is 61.8 cm³/mol. The van der Waals surface area contributed by atoms with E-state index in [4.69, 9.17) is 0 Å². The fourth-order valence-electron chi connectivity index (χ4n) is 4.58. The van der Waals surface area contributed by atoms with Crippen LogP contribution >= 0.6 is 0 Å². The molecule has 2 heteroatoms. The van der Waals surface area contributed by atoms with Gasteiger partial charge in [-0.05, 0) is 43.1 Å². The summed E-state index contributed by atoms with van der Waals surface area (Å²) in [5, 5.41) is 10.9. The van der Waals surface area contributed by atoms with Crippen LogP contribution in [0.3, 0.4) is 0 Å². The number of allylic oxidation sites excluding steroid dienone is 1. The molecule has 3 aliphatic carbocycles. The summed E-state index contributed by atoms with van der Waals surface area (Å²) in [6.07, 6.45) is 2.82. The normalized spacial score (nSPS) is 51.1. The molecular weight excluding hydrogens is 200 g/mol. The molecule has 2 nitrogen and oxygen atoms in total. The first-order chi connectivity index (χ1) is 7.48. The molecule has 1 N–H and O–H groups in total. The molecule has 0 spiro atoms. The molecule has 0 bridgehead atoms. The molecule has 2 fully saturated rings. The lowest BCUT2D eigenvalue weighted by Crippen LogP contribution is -2.41. The summed E-state index contributed by atoms with van der Waals surface area (Å²) in [5.41, 5.74) is 1.75. The Morgan fingerprint density at radius 1 is 1.31 bits per heavy atom. The van der Waals surface area contributed by atoms with Crippen molar-refractivity contribution in [2.75, 3.05) is 0 Å². The van der Waals surface area contributed by atoms with Crippen LogP contribution in [-0.4, -0.2) is 16.5 Å². The number of carbonyl (C=O) groups excluding carboxylic acids is 1. The lowest BCUT2D eigenvalue weighted by Gasteiger charge is -2.33. The molecule has 0 aromatic carbocycles. The van der Waals surface area contributed by atoms with E-state index in [-0.39, 0.29) is 11.8 Å². The molecule has 0 saturated heterocycles. The Balaban J connectivity index is 2.13. The van der Waals surface area contributed by atoms with Gasteiger partial charge in [0.1, 0.15) is 0 Å². The monoisotopic (exact) mass is 220 g/mol. The van der Waals surface area contributed by atoms with Crippen LogP contribution in [0.1, 0.15) is 40.0 Å². The number of hydrogen-bond donors (Lipinski definition) is 1. The van der Waals surface area contributed by atoms with Crippen LogP contribution in [0.5, 0.6) is 0 Å². The van der Waals surface area contributed by atoms with Crippen molar-refractivity contribution in [3.05, 3.63) is 11.1 Å². The maximum atomic E-state index is 11.8. The molecular formula is C14H20O2. The minimum Gasteiger partial charge on any atom is -0.389 e. The summed E-state index contributed by atoms with van der Waals surface area (Å²) < 4.78 is 0. The molecule has 0 amide bonds. The number of aliphatic hydroxyl groups is 1. The van der Waals surface area contributed by atoms with Gasteiger partial charge >= 0.3 is 0 Å². The van der Waals surface area contributed by atoms with E-state index in [0.717, 1.165) is 18.4 Å². The number of Topliss-reactive ketones (excluding diaryl/α,β-unsaturated/α-hetero) is 1. The second-order valence-corrected chi connectivity index (χ2v) is 6.02. The molecule has 16 heavy (non-hydrogen) atoms. The molecule has 5 atom stereocenters. The van der Waals surface area contributed by atoms with E-state index in [1.165, 1.54) is 5.57 Å². The third kappa shape index (κ3) is 0.951. The van der Waals surface area contributed by atoms with Gasteiger partial charge in [-0.3, -0.25) is 4.79 Å². The first kappa shape index (κ1) is 10.5. The molecule has 0 aromatic heterocycles. The second kappa shape index (κ2) is 2.98. The Morgan fingerprint density at radius 3 is 2.69 bits per heavy atom. The van der Waals surface area contributed by atoms with E-state index in [2.05, 4.69) is 13.8 Å². The van der Waals surface area contributed by atoms with Crippen LogP contribution in [0.25, 0.3) is 0 Å². The minimum absolute atomic E-state index is 0.256. The zero-order valence-corrected chi connectivity index (χ0v) is 10.3. The average Bonchev–Trinajstić information content (AvgIpc) is 2.76. The molecule has 2 saturated carbocycles. The maximum absolute atomic E-state index is 11.8. The highest BCUT2D eigenvalue weighted by Gasteiger charge is 2.62. The number of fused-ring (bicyclic) bond motifs is 3. The first-order valence-electron chi connectivity index (χ1n) is 6.44. The number of ketones is 1. The van der Waals surface area contributed by atoms with E-state index in [1.807, 2.05) is 6.92 Å². The first-order valence-corrected chi connectivity index (χ1v) is 6.44. The van der Waals surface area contributed by atoms with Gasteiger partial charge in [0.05, 0.1) is 5.60 Å². The van der Waals surface area contributed by atoms with E-state index < -0.39 is 5.60 Å². The smallest absolute Gasteiger partial charge is 0.159 e. The Kier molecular flexibility index (Phi) is 1.96. The molecule has 88 valence electrons. The van der Waals surface area contributed by atoms with Crippen LogP contribution in [0, 0.1) is 23.7 Å². The number of rotatable bonds is 0. The predicted octanol–water partition coefficient (Wildman–Crippen LogP) is 2.32. The fourth-order valence-corrected chi connectivity index (χ4v) is 4.58. The van der Waals surface area contributed by atoms with Crippen molar-refractivity contribution in [1.29, 1.82) is 0 Å². The van der Waals surface area contributed by atoms with Gasteiger partial charge in [-0.15, -0.1) is 0 Å². The van der Waals surface area contributed by atoms with Gasteiger partial charge in [-0.1, -0.05) is 19.4 Å². The average molecular weight is 220 g/mol. The van der Waals surface area contributed by atoms with E-state index in [0.29, 0.717) is 24.0 Å². The SMILES string of the molecule is CC1=C2C(CC1=O)[C@H](C)[C@]1(O)[C@H](C)CC[C@H]21. The third-order valence-corrected chi connectivity index (χ3v) is 5.60. The molecule has 1 unspecified atom stereocenters. The highest BCUT2D eigenvalue weighted by molar-refractivity contribution is 5.99. The largest absolute Gasteiger partial charge is 0.389 e. The Bertz CT molecular complexity index is 396. The summed E-state index contributed by atoms with van der Waals surface area (Å²) in [4.78, 5) is 11.8. The molecule has 0 radical (unpaired) electrons. The fraction of sp³-hybridized carbons (Fsp3) is 0.786. The van der Waals surface area contributed by atoms with E-state index >= 15 is 0 Å². The lowest BCUT2D eigenvalue weighted by molar-refractivity contribution is -0.116. The number of hydrogen-bond acceptors (Lipinski definition) is 2. The third-order valence-electron chi connectivity index (χ3n) is 5.60. The van der Waals surface area contributed by atoms with Gasteiger partial charge in [0.25, 0.3) is 0 Å². The van der Waals surface area contributed by atoms with Gasteiger partial charge in [0.15, 0.2) is 5.78 Å². The number of carbonyl (C=O) groups is 1. The Labute approximate surface area is 96.7 Å². The Hall–Kier alpha value is -0.630. The molecule has 0 aliphatic heterocycles. The molecule has 0 aromatic rings. The van der Waals surface area contributed by atoms with Gasteiger partial charge in [-0.25, -0.2) is 0 Å². The van der Waals surface area contributed by atoms with Crippen LogP contribution in [0.15, 0.2) is 11.1 Å². The maximum Gasteiger partial charge on any atom is 0.159 e. The lowest BCUT2D eigenvalue weighted by atomic mass is 9.78. The summed E-state index contributed by atoms with van der Waals surface area (Å²) in [5.74, 6) is 1.56. The highest BCUT2D eigenvalue weighted by atomic mass is 16.3. The summed E-state index contributed by atoms with van der Waals surface area (Å²) in [6.45, 7) is 6.26. The zero-order chi connectivity index (χ0) is 11.7. The van der Waals surface area contributed by atoms with Crippen molar-refractivity contribution in [3.63, 3.8) is 0 Å². The van der Waals surface area contributed by atoms with Crippen molar-refractivity contribution >= 4 is 5.78 Å². The summed E-state index contributed by atoms with van der Waals surface area (Å²) in [7, 11) is 0. The van der Waals surface area contributed by atoms with Crippen LogP contribution in [-0.2, 0) is 4.79 Å². The van der Waals surface area contributed by atoms with Crippen molar-refractivity contribution in [3.8, 4) is 0 Å². The van der Waals surface area contributed by atoms with Crippen LogP contribution in [0.2, 0.25) is 0 Å². The van der Waals surface area contributed by atoms with E-state index in [9.17, 15) is 9.90 Å². The quantitative estimate of drug-likeness (QED) is 0.680. The second-order valence-electron chi connectivity index (χ2n) is 6.02. The topological polar surface area (TPSA) is 37.3 Å². The minimum atomic E-state index is -0.526. The van der Waals surface area contributed by atoms with E-state index in [1.54, 1.807) is 0 Å². The van der Waals surface area contributed by atoms with Crippen LogP contribution in [0.4, 0.5) is 0 Å². The van der Waals surface area contributed by atoms with Crippen molar-refractivity contribution < 1.29 is 9.90 Å². The molecule has 3 aliphatic rings. The Morgan fingerprint density at radius 2 is 2.00 bits per heavy atom. The van der Waals surface area contributed by atoms with Crippen LogP contribution < -0.4 is 0 Å². The standard InChI is InChI=1S/C14H20O2/c1-7-4-5-11-13-8(2)12(15)6-10(13)9(3)14(7,11)16/h7,9-11,16H,4-6H2,1-3H3/t7-,9+,10?,11-,14-/m1/s1. The van der Waals surface area contributed by atoms with Gasteiger partial charge in [0, 0.05) is 12.3 Å². The summed E-state index contributed by atoms with van der Waals surface area (Å²) >= 11 is 0. The molecule has 0 heterocycles. The highest BCUT2D eigenvalue weighted by Crippen LogP contribution is 2.62. The van der Waals surface area contributed by atoms with Gasteiger partial charge in [0.2, 0.25) is 0 Å². The molecule has 3 rings (SSSR count). The van der Waals surface area contributed by atoms with Gasteiger partial charge in [-0.2, -0.15) is 0 Å². The van der Waals surface area contributed by atoms with Gasteiger partial charge < -0.3 is 5.11 Å².